The summed E-state index contributed by atoms with van der Waals surface area (Å²) < 4.78 is 11.5. The fourth-order valence-electron chi connectivity index (χ4n) is 3.36. The minimum atomic E-state index is -0.938. The predicted molar refractivity (Wildman–Crippen MR) is 94.4 cm³/mol. The summed E-state index contributed by atoms with van der Waals surface area (Å²) in [6.45, 7) is 8.15. The van der Waals surface area contributed by atoms with E-state index in [-0.39, 0.29) is 0 Å². The molecule has 1 saturated heterocycles. The summed E-state index contributed by atoms with van der Waals surface area (Å²) in [4.78, 5) is 0. The Balaban J connectivity index is 1.37. The Bertz CT molecular complexity index is 477. The third kappa shape index (κ3) is 4.85. The molecule has 2 aliphatic rings. The van der Waals surface area contributed by atoms with Crippen LogP contribution in [-0.2, 0) is 11.2 Å². The van der Waals surface area contributed by atoms with Gasteiger partial charge in [0.25, 0.3) is 0 Å². The molecule has 3 rings (SSSR count). The van der Waals surface area contributed by atoms with Crippen molar-refractivity contribution < 1.29 is 9.47 Å². The first-order valence-electron chi connectivity index (χ1n) is 8.87. The van der Waals surface area contributed by atoms with Gasteiger partial charge in [-0.2, -0.15) is 0 Å². The maximum Gasteiger partial charge on any atom is 0.119 e. The Kier molecular flexibility index (Phi) is 4.93. The molecule has 3 atom stereocenters. The highest BCUT2D eigenvalue weighted by molar-refractivity contribution is 6.76. The molecule has 2 nitrogen and oxygen atoms in total. The van der Waals surface area contributed by atoms with Crippen molar-refractivity contribution in [1.82, 2.24) is 0 Å². The molecular weight excluding hydrogens is 288 g/mol. The molecule has 0 radical (unpaired) electrons. The lowest BCUT2D eigenvalue weighted by atomic mass is 9.87. The van der Waals surface area contributed by atoms with Gasteiger partial charge in [0.2, 0.25) is 0 Å². The van der Waals surface area contributed by atoms with E-state index < -0.39 is 8.07 Å². The zero-order valence-corrected chi connectivity index (χ0v) is 15.3. The van der Waals surface area contributed by atoms with Crippen LogP contribution in [0.2, 0.25) is 25.7 Å². The average Bonchev–Trinajstić information content (AvgIpc) is 3.24. The number of epoxide rings is 1. The van der Waals surface area contributed by atoms with E-state index in [0.29, 0.717) is 12.2 Å². The number of hydrogen-bond donors (Lipinski definition) is 0. The molecule has 0 aromatic heterocycles. The number of benzene rings is 1. The van der Waals surface area contributed by atoms with Crippen LogP contribution in [0, 0.1) is 5.92 Å². The van der Waals surface area contributed by atoms with Crippen molar-refractivity contribution in [3.63, 3.8) is 0 Å². The van der Waals surface area contributed by atoms with Crippen LogP contribution >= 0.6 is 0 Å². The van der Waals surface area contributed by atoms with Gasteiger partial charge < -0.3 is 9.47 Å². The maximum absolute atomic E-state index is 5.93. The largest absolute Gasteiger partial charge is 0.494 e. The highest BCUT2D eigenvalue weighted by Crippen LogP contribution is 2.40. The lowest BCUT2D eigenvalue weighted by Gasteiger charge is -2.19. The van der Waals surface area contributed by atoms with Crippen LogP contribution in [0.1, 0.15) is 31.2 Å². The summed E-state index contributed by atoms with van der Waals surface area (Å²) in [6, 6.07) is 10.1. The Labute approximate surface area is 136 Å². The number of hydrogen-bond acceptors (Lipinski definition) is 2. The van der Waals surface area contributed by atoms with E-state index in [1.165, 1.54) is 43.7 Å². The maximum atomic E-state index is 5.93. The molecule has 122 valence electrons. The van der Waals surface area contributed by atoms with Gasteiger partial charge >= 0.3 is 0 Å². The third-order valence-electron chi connectivity index (χ3n) is 4.99. The first-order valence-corrected chi connectivity index (χ1v) is 12.6. The first-order chi connectivity index (χ1) is 10.5. The molecule has 2 fully saturated rings. The number of rotatable bonds is 7. The quantitative estimate of drug-likeness (QED) is 0.526. The van der Waals surface area contributed by atoms with Gasteiger partial charge in [0.1, 0.15) is 5.75 Å². The van der Waals surface area contributed by atoms with Crippen molar-refractivity contribution in [1.29, 1.82) is 0 Å². The van der Waals surface area contributed by atoms with Gasteiger partial charge in [0.15, 0.2) is 0 Å². The highest BCUT2D eigenvalue weighted by Gasteiger charge is 2.43. The molecule has 1 saturated carbocycles. The molecule has 3 heteroatoms. The lowest BCUT2D eigenvalue weighted by molar-refractivity contribution is 0.253. The molecular formula is C19H30O2Si. The standard InChI is InChI=1S/C19H30O2Si/c1-22(2,3)13-11-15-4-7-17(8-5-15)20-12-10-16-6-9-18-19(14-16)21-18/h4-5,7-8,16,18-19H,6,9-14H2,1-3H3. The fraction of sp³-hybridized carbons (Fsp3) is 0.684. The molecule has 3 unspecified atom stereocenters. The highest BCUT2D eigenvalue weighted by atomic mass is 28.3. The Hall–Kier alpha value is -0.803. The number of ether oxygens (including phenoxy) is 2. The smallest absolute Gasteiger partial charge is 0.119 e. The molecule has 1 aliphatic heterocycles. The molecule has 0 amide bonds. The van der Waals surface area contributed by atoms with Crippen molar-refractivity contribution in [2.75, 3.05) is 6.61 Å². The van der Waals surface area contributed by atoms with E-state index in [0.717, 1.165) is 18.3 Å². The van der Waals surface area contributed by atoms with Crippen molar-refractivity contribution in [2.45, 2.75) is 70.0 Å². The number of aryl methyl sites for hydroxylation is 1. The molecule has 0 N–H and O–H groups in total. The average molecular weight is 319 g/mol. The van der Waals surface area contributed by atoms with Crippen LogP contribution in [0.4, 0.5) is 0 Å². The van der Waals surface area contributed by atoms with Crippen molar-refractivity contribution >= 4 is 8.07 Å². The van der Waals surface area contributed by atoms with Crippen LogP contribution in [0.25, 0.3) is 0 Å². The molecule has 1 aromatic rings. The second-order valence-corrected chi connectivity index (χ2v) is 13.9. The van der Waals surface area contributed by atoms with E-state index in [1.54, 1.807) is 0 Å². The Morgan fingerprint density at radius 2 is 1.86 bits per heavy atom. The van der Waals surface area contributed by atoms with E-state index in [2.05, 4.69) is 43.9 Å². The summed E-state index contributed by atoms with van der Waals surface area (Å²) in [5, 5.41) is 0. The van der Waals surface area contributed by atoms with Crippen LogP contribution in [0.3, 0.4) is 0 Å². The normalized spacial score (nSPS) is 27.3. The minimum absolute atomic E-state index is 0.587. The van der Waals surface area contributed by atoms with Crippen molar-refractivity contribution in [3.05, 3.63) is 29.8 Å². The molecule has 0 bridgehead atoms. The van der Waals surface area contributed by atoms with Gasteiger partial charge in [-0.15, -0.1) is 0 Å². The summed E-state index contributed by atoms with van der Waals surface area (Å²) in [5.41, 5.74) is 1.44. The number of fused-ring (bicyclic) bond motifs is 1. The topological polar surface area (TPSA) is 21.8 Å². The monoisotopic (exact) mass is 318 g/mol. The molecule has 1 aliphatic carbocycles. The summed E-state index contributed by atoms with van der Waals surface area (Å²) in [6.07, 6.45) is 7.42. The van der Waals surface area contributed by atoms with E-state index in [1.807, 2.05) is 0 Å². The fourth-order valence-corrected chi connectivity index (χ4v) is 4.40. The van der Waals surface area contributed by atoms with Gasteiger partial charge in [0, 0.05) is 8.07 Å². The van der Waals surface area contributed by atoms with Crippen LogP contribution in [-0.4, -0.2) is 26.9 Å². The summed E-state index contributed by atoms with van der Waals surface area (Å²) >= 11 is 0. The second-order valence-electron chi connectivity index (χ2n) is 8.23. The van der Waals surface area contributed by atoms with Gasteiger partial charge in [0.05, 0.1) is 18.8 Å². The van der Waals surface area contributed by atoms with Crippen LogP contribution < -0.4 is 4.74 Å². The Morgan fingerprint density at radius 1 is 1.09 bits per heavy atom. The molecule has 22 heavy (non-hydrogen) atoms. The molecule has 1 heterocycles. The van der Waals surface area contributed by atoms with Crippen molar-refractivity contribution in [3.8, 4) is 5.75 Å². The SMILES string of the molecule is C[Si](C)(C)CCc1ccc(OCCC2CCC3OC3C2)cc1. The van der Waals surface area contributed by atoms with Gasteiger partial charge in [-0.05, 0) is 55.7 Å². The third-order valence-corrected chi connectivity index (χ3v) is 6.74. The van der Waals surface area contributed by atoms with E-state index in [4.69, 9.17) is 9.47 Å². The molecule has 0 spiro atoms. The van der Waals surface area contributed by atoms with Gasteiger partial charge in [-0.1, -0.05) is 37.8 Å². The summed E-state index contributed by atoms with van der Waals surface area (Å²) in [5.74, 6) is 1.83. The predicted octanol–water partition coefficient (Wildman–Crippen LogP) is 4.90. The van der Waals surface area contributed by atoms with Crippen LogP contribution in [0.15, 0.2) is 24.3 Å². The van der Waals surface area contributed by atoms with Gasteiger partial charge in [-0.3, -0.25) is 0 Å². The first kappa shape index (κ1) is 16.1. The zero-order chi connectivity index (χ0) is 15.6. The van der Waals surface area contributed by atoms with E-state index >= 15 is 0 Å². The minimum Gasteiger partial charge on any atom is -0.494 e. The van der Waals surface area contributed by atoms with Crippen LogP contribution in [0.5, 0.6) is 5.75 Å². The lowest BCUT2D eigenvalue weighted by Crippen LogP contribution is -2.19. The zero-order valence-electron chi connectivity index (χ0n) is 14.3. The van der Waals surface area contributed by atoms with Gasteiger partial charge in [-0.25, -0.2) is 0 Å². The van der Waals surface area contributed by atoms with E-state index in [9.17, 15) is 0 Å². The summed E-state index contributed by atoms with van der Waals surface area (Å²) in [7, 11) is -0.938. The molecule has 1 aromatic carbocycles. The van der Waals surface area contributed by atoms with Crippen molar-refractivity contribution in [2.24, 2.45) is 5.92 Å². The Morgan fingerprint density at radius 3 is 2.55 bits per heavy atom. The second kappa shape index (κ2) is 6.75.